The summed E-state index contributed by atoms with van der Waals surface area (Å²) in [6.07, 6.45) is 4.64. The predicted octanol–water partition coefficient (Wildman–Crippen LogP) is 3.80. The van der Waals surface area contributed by atoms with Crippen molar-refractivity contribution in [3.05, 3.63) is 76.8 Å². The fraction of sp³-hybridized carbons (Fsp3) is 0.200. The van der Waals surface area contributed by atoms with Crippen LogP contribution in [0.4, 0.5) is 0 Å². The molecule has 1 heterocycles. The van der Waals surface area contributed by atoms with Crippen molar-refractivity contribution in [3.63, 3.8) is 0 Å². The first-order valence-corrected chi connectivity index (χ1v) is 10.3. The zero-order valence-corrected chi connectivity index (χ0v) is 16.5. The average Bonchev–Trinajstić information content (AvgIpc) is 3.13. The molecule has 7 heteroatoms. The van der Waals surface area contributed by atoms with Gasteiger partial charge in [0.05, 0.1) is 4.90 Å². The Labute approximate surface area is 163 Å². The van der Waals surface area contributed by atoms with E-state index in [1.54, 1.807) is 48.6 Å². The van der Waals surface area contributed by atoms with Gasteiger partial charge in [0.1, 0.15) is 0 Å². The van der Waals surface area contributed by atoms with Crippen molar-refractivity contribution in [1.82, 2.24) is 4.72 Å². The van der Waals surface area contributed by atoms with Crippen molar-refractivity contribution >= 4 is 33.7 Å². The highest BCUT2D eigenvalue weighted by Gasteiger charge is 2.40. The first-order chi connectivity index (χ1) is 12.7. The summed E-state index contributed by atoms with van der Waals surface area (Å²) in [7, 11) is -4.03. The highest BCUT2D eigenvalue weighted by atomic mass is 35.5. The van der Waals surface area contributed by atoms with Gasteiger partial charge in [0.25, 0.3) is 15.9 Å². The predicted molar refractivity (Wildman–Crippen MR) is 107 cm³/mol. The zero-order valence-electron chi connectivity index (χ0n) is 14.9. The maximum absolute atomic E-state index is 12.9. The summed E-state index contributed by atoms with van der Waals surface area (Å²) in [6, 6.07) is 13.0. The SMILES string of the molecule is CC(C)c1ccc(S(=O)(=O)NC(=O)C2(c3ccc(Cl)cc3)C=CC=N2)cc1. The molecule has 0 fully saturated rings. The van der Waals surface area contributed by atoms with Crippen molar-refractivity contribution in [3.8, 4) is 0 Å². The largest absolute Gasteiger partial charge is 0.270 e. The van der Waals surface area contributed by atoms with Gasteiger partial charge in [-0.2, -0.15) is 0 Å². The highest BCUT2D eigenvalue weighted by molar-refractivity contribution is 7.90. The quantitative estimate of drug-likeness (QED) is 0.826. The lowest BCUT2D eigenvalue weighted by atomic mass is 9.90. The zero-order chi connectivity index (χ0) is 19.7. The van der Waals surface area contributed by atoms with E-state index in [0.717, 1.165) is 5.56 Å². The molecule has 27 heavy (non-hydrogen) atoms. The number of halogens is 1. The molecule has 3 rings (SSSR count). The summed E-state index contributed by atoms with van der Waals surface area (Å²) in [5.41, 5.74) is 0.108. The van der Waals surface area contributed by atoms with E-state index in [1.165, 1.54) is 18.3 Å². The molecule has 1 atom stereocenters. The molecule has 0 radical (unpaired) electrons. The number of amides is 1. The normalized spacial score (nSPS) is 18.8. The van der Waals surface area contributed by atoms with Crippen LogP contribution in [0.1, 0.15) is 30.9 Å². The number of hydrogen-bond acceptors (Lipinski definition) is 4. The second kappa shape index (κ2) is 7.29. The van der Waals surface area contributed by atoms with Gasteiger partial charge in [-0.25, -0.2) is 13.1 Å². The van der Waals surface area contributed by atoms with Crippen LogP contribution in [0.3, 0.4) is 0 Å². The molecule has 2 aromatic carbocycles. The molecular formula is C20H19ClN2O3S. The Morgan fingerprint density at radius 2 is 1.70 bits per heavy atom. The number of aliphatic imine (C=N–C) groups is 1. The van der Waals surface area contributed by atoms with Crippen LogP contribution in [-0.2, 0) is 20.4 Å². The smallest absolute Gasteiger partial charge is 0.270 e. The number of sulfonamides is 1. The number of benzene rings is 2. The maximum Gasteiger partial charge on any atom is 0.270 e. The van der Waals surface area contributed by atoms with Crippen LogP contribution in [-0.4, -0.2) is 20.5 Å². The second-order valence-electron chi connectivity index (χ2n) is 6.57. The van der Waals surface area contributed by atoms with Gasteiger partial charge in [0, 0.05) is 11.2 Å². The number of allylic oxidation sites excluding steroid dienone is 1. The Balaban J connectivity index is 1.91. The van der Waals surface area contributed by atoms with Gasteiger partial charge < -0.3 is 0 Å². The Kier molecular flexibility index (Phi) is 5.22. The number of carbonyl (C=O) groups excluding carboxylic acids is 1. The van der Waals surface area contributed by atoms with Crippen molar-refractivity contribution < 1.29 is 13.2 Å². The third kappa shape index (κ3) is 3.82. The molecule has 0 saturated carbocycles. The van der Waals surface area contributed by atoms with Crippen molar-refractivity contribution in [2.75, 3.05) is 0 Å². The van der Waals surface area contributed by atoms with Gasteiger partial charge in [-0.3, -0.25) is 9.79 Å². The molecule has 0 aromatic heterocycles. The van der Waals surface area contributed by atoms with E-state index >= 15 is 0 Å². The molecule has 0 saturated heterocycles. The lowest BCUT2D eigenvalue weighted by Crippen LogP contribution is -2.43. The van der Waals surface area contributed by atoms with E-state index in [-0.39, 0.29) is 10.8 Å². The molecule has 0 spiro atoms. The van der Waals surface area contributed by atoms with E-state index in [1.807, 2.05) is 13.8 Å². The maximum atomic E-state index is 12.9. The van der Waals surface area contributed by atoms with Crippen LogP contribution in [0, 0.1) is 0 Å². The lowest BCUT2D eigenvalue weighted by molar-refractivity contribution is -0.123. The van der Waals surface area contributed by atoms with Crippen LogP contribution in [0.5, 0.6) is 0 Å². The van der Waals surface area contributed by atoms with Crippen molar-refractivity contribution in [2.24, 2.45) is 4.99 Å². The van der Waals surface area contributed by atoms with Crippen LogP contribution in [0.25, 0.3) is 0 Å². The summed E-state index contributed by atoms with van der Waals surface area (Å²) < 4.78 is 27.5. The molecule has 0 bridgehead atoms. The molecule has 1 unspecified atom stereocenters. The van der Waals surface area contributed by atoms with Gasteiger partial charge >= 0.3 is 0 Å². The average molecular weight is 403 g/mol. The molecule has 1 aliphatic rings. The first kappa shape index (κ1) is 19.3. The number of nitrogens with zero attached hydrogens (tertiary/aromatic N) is 1. The Bertz CT molecular complexity index is 996. The van der Waals surface area contributed by atoms with Crippen LogP contribution >= 0.6 is 11.6 Å². The van der Waals surface area contributed by atoms with Crippen molar-refractivity contribution in [1.29, 1.82) is 0 Å². The molecule has 5 nitrogen and oxygen atoms in total. The van der Waals surface area contributed by atoms with Crippen molar-refractivity contribution in [2.45, 2.75) is 30.2 Å². The van der Waals surface area contributed by atoms with Gasteiger partial charge in [-0.05, 0) is 53.5 Å². The Morgan fingerprint density at radius 3 is 2.22 bits per heavy atom. The van der Waals surface area contributed by atoms with Gasteiger partial charge in [-0.15, -0.1) is 0 Å². The highest BCUT2D eigenvalue weighted by Crippen LogP contribution is 2.32. The van der Waals surface area contributed by atoms with E-state index < -0.39 is 21.5 Å². The number of nitrogens with one attached hydrogen (secondary N) is 1. The van der Waals surface area contributed by atoms with E-state index in [4.69, 9.17) is 11.6 Å². The summed E-state index contributed by atoms with van der Waals surface area (Å²) >= 11 is 5.91. The fourth-order valence-corrected chi connectivity index (χ4v) is 3.95. The molecule has 2 aromatic rings. The molecule has 140 valence electrons. The molecular weight excluding hydrogens is 384 g/mol. The van der Waals surface area contributed by atoms with Gasteiger partial charge in [0.15, 0.2) is 5.54 Å². The number of hydrogen-bond donors (Lipinski definition) is 1. The van der Waals surface area contributed by atoms with Gasteiger partial charge in [0.2, 0.25) is 0 Å². The molecule has 1 amide bonds. The second-order valence-corrected chi connectivity index (χ2v) is 8.69. The molecule has 1 aliphatic heterocycles. The minimum atomic E-state index is -4.03. The minimum absolute atomic E-state index is 0.0254. The fourth-order valence-electron chi connectivity index (χ4n) is 2.82. The van der Waals surface area contributed by atoms with E-state index in [2.05, 4.69) is 9.71 Å². The third-order valence-electron chi connectivity index (χ3n) is 4.42. The molecule has 1 N–H and O–H groups in total. The summed E-state index contributed by atoms with van der Waals surface area (Å²) in [6.45, 7) is 4.04. The van der Waals surface area contributed by atoms with E-state index in [0.29, 0.717) is 10.6 Å². The van der Waals surface area contributed by atoms with Crippen LogP contribution < -0.4 is 4.72 Å². The first-order valence-electron chi connectivity index (χ1n) is 8.41. The standard InChI is InChI=1S/C20H19ClN2O3S/c1-14(2)15-4-10-18(11-5-15)27(25,26)23-19(24)20(12-3-13-22-20)16-6-8-17(21)9-7-16/h3-14H,1-2H3,(H,23,24). The number of rotatable bonds is 5. The van der Waals surface area contributed by atoms with Gasteiger partial charge in [-0.1, -0.05) is 49.7 Å². The summed E-state index contributed by atoms with van der Waals surface area (Å²) in [5.74, 6) is -0.467. The summed E-state index contributed by atoms with van der Waals surface area (Å²) in [5, 5.41) is 0.512. The Morgan fingerprint density at radius 1 is 1.07 bits per heavy atom. The Hall–Kier alpha value is -2.44. The topological polar surface area (TPSA) is 75.6 Å². The van der Waals surface area contributed by atoms with E-state index in [9.17, 15) is 13.2 Å². The third-order valence-corrected chi connectivity index (χ3v) is 6.02. The molecule has 0 aliphatic carbocycles. The lowest BCUT2D eigenvalue weighted by Gasteiger charge is -2.23. The monoisotopic (exact) mass is 402 g/mol. The summed E-state index contributed by atoms with van der Waals surface area (Å²) in [4.78, 5) is 17.2. The minimum Gasteiger partial charge on any atom is -0.270 e. The number of carbonyl (C=O) groups is 1. The van der Waals surface area contributed by atoms with Crippen LogP contribution in [0.15, 0.2) is 70.6 Å². The van der Waals surface area contributed by atoms with Crippen LogP contribution in [0.2, 0.25) is 5.02 Å².